The number of hydrogen-bond donors (Lipinski definition) is 0. The number of pyridine rings is 1. The Balaban J connectivity index is 2.19. The maximum absolute atomic E-state index is 5.67. The third-order valence-electron chi connectivity index (χ3n) is 2.30. The van der Waals surface area contributed by atoms with Crippen LogP contribution in [-0.2, 0) is 11.2 Å². The van der Waals surface area contributed by atoms with Gasteiger partial charge in [-0.05, 0) is 30.5 Å². The van der Waals surface area contributed by atoms with Gasteiger partial charge < -0.3 is 4.74 Å². The van der Waals surface area contributed by atoms with Gasteiger partial charge in [0.15, 0.2) is 0 Å². The Kier molecular flexibility index (Phi) is 3.07. The van der Waals surface area contributed by atoms with Gasteiger partial charge in [-0.1, -0.05) is 18.2 Å². The molecule has 3 heteroatoms. The molecule has 0 saturated heterocycles. The topological polar surface area (TPSA) is 22.1 Å². The summed E-state index contributed by atoms with van der Waals surface area (Å²) in [6, 6.07) is 1.97. The lowest BCUT2D eigenvalue weighted by Crippen LogP contribution is -2.03. The summed E-state index contributed by atoms with van der Waals surface area (Å²) in [7, 11) is 0. The summed E-state index contributed by atoms with van der Waals surface area (Å²) in [5, 5.41) is 0.511. The lowest BCUT2D eigenvalue weighted by molar-refractivity contribution is 0.313. The third kappa shape index (κ3) is 2.39. The highest BCUT2D eigenvalue weighted by atomic mass is 35.5. The van der Waals surface area contributed by atoms with Crippen LogP contribution < -0.4 is 0 Å². The number of ether oxygens (including phenoxy) is 1. The second kappa shape index (κ2) is 4.49. The molecule has 0 aromatic carbocycles. The molecule has 1 aromatic heterocycles. The van der Waals surface area contributed by atoms with Crippen LogP contribution >= 0.6 is 11.6 Å². The van der Waals surface area contributed by atoms with E-state index < -0.39 is 0 Å². The molecule has 2 nitrogen and oxygen atoms in total. The Hall–Kier alpha value is -1.28. The maximum atomic E-state index is 5.67. The van der Waals surface area contributed by atoms with Crippen molar-refractivity contribution in [2.45, 2.75) is 12.8 Å². The van der Waals surface area contributed by atoms with Crippen molar-refractivity contribution in [1.82, 2.24) is 4.98 Å². The number of allylic oxidation sites excluding steroid dienone is 1. The first-order valence-electron chi connectivity index (χ1n) is 4.87. The lowest BCUT2D eigenvalue weighted by atomic mass is 9.98. The molecule has 0 fully saturated rings. The van der Waals surface area contributed by atoms with E-state index in [2.05, 4.69) is 17.6 Å². The predicted octanol–water partition coefficient (Wildman–Crippen LogP) is 3.14. The highest BCUT2D eigenvalue weighted by Gasteiger charge is 2.13. The molecular formula is C12H12ClNO. The first kappa shape index (κ1) is 10.2. The summed E-state index contributed by atoms with van der Waals surface area (Å²) in [6.07, 6.45) is 7.76. The van der Waals surface area contributed by atoms with E-state index in [4.69, 9.17) is 16.3 Å². The summed E-state index contributed by atoms with van der Waals surface area (Å²) in [4.78, 5) is 4.10. The first-order chi connectivity index (χ1) is 7.27. The molecule has 78 valence electrons. The monoisotopic (exact) mass is 221 g/mol. The molecule has 0 aliphatic heterocycles. The molecule has 1 aliphatic rings. The predicted molar refractivity (Wildman–Crippen MR) is 61.5 cm³/mol. The molecule has 0 atom stereocenters. The summed E-state index contributed by atoms with van der Waals surface area (Å²) in [5.41, 5.74) is 2.35. The van der Waals surface area contributed by atoms with Gasteiger partial charge in [-0.2, -0.15) is 0 Å². The zero-order chi connectivity index (χ0) is 10.7. The van der Waals surface area contributed by atoms with Crippen LogP contribution in [0.3, 0.4) is 0 Å². The van der Waals surface area contributed by atoms with E-state index in [0.29, 0.717) is 11.6 Å². The van der Waals surface area contributed by atoms with E-state index >= 15 is 0 Å². The fraction of sp³-hybridized carbons (Fsp3) is 0.250. The van der Waals surface area contributed by atoms with Crippen LogP contribution in [0.15, 0.2) is 36.1 Å². The van der Waals surface area contributed by atoms with Crippen molar-refractivity contribution < 1.29 is 4.74 Å². The molecule has 1 heterocycles. The first-order valence-corrected chi connectivity index (χ1v) is 5.24. The Labute approximate surface area is 94.2 Å². The van der Waals surface area contributed by atoms with Crippen LogP contribution in [0.4, 0.5) is 0 Å². The largest absolute Gasteiger partial charge is 0.488 e. The second-order valence-corrected chi connectivity index (χ2v) is 3.98. The van der Waals surface area contributed by atoms with Crippen molar-refractivity contribution in [3.63, 3.8) is 0 Å². The minimum Gasteiger partial charge on any atom is -0.488 e. The maximum Gasteiger partial charge on any atom is 0.123 e. The SMILES string of the molecule is C=C(Cl)COC1=CCCc2cnccc21. The van der Waals surface area contributed by atoms with Crippen molar-refractivity contribution >= 4 is 17.4 Å². The minimum atomic E-state index is 0.356. The van der Waals surface area contributed by atoms with Gasteiger partial charge in [0.2, 0.25) is 0 Å². The van der Waals surface area contributed by atoms with Gasteiger partial charge in [-0.15, -0.1) is 0 Å². The van der Waals surface area contributed by atoms with Crippen molar-refractivity contribution in [3.8, 4) is 0 Å². The molecule has 2 rings (SSSR count). The van der Waals surface area contributed by atoms with Crippen molar-refractivity contribution in [2.75, 3.05) is 6.61 Å². The third-order valence-corrected chi connectivity index (χ3v) is 2.41. The van der Waals surface area contributed by atoms with E-state index in [0.717, 1.165) is 24.2 Å². The van der Waals surface area contributed by atoms with E-state index in [-0.39, 0.29) is 0 Å². The molecule has 0 spiro atoms. The number of aryl methyl sites for hydroxylation is 1. The molecule has 1 aromatic rings. The highest BCUT2D eigenvalue weighted by molar-refractivity contribution is 6.29. The van der Waals surface area contributed by atoms with Gasteiger partial charge in [-0.25, -0.2) is 0 Å². The number of halogens is 1. The Morgan fingerprint density at radius 1 is 1.60 bits per heavy atom. The quantitative estimate of drug-likeness (QED) is 0.783. The Morgan fingerprint density at radius 3 is 3.27 bits per heavy atom. The van der Waals surface area contributed by atoms with Crippen LogP contribution in [0.25, 0.3) is 5.76 Å². The molecule has 0 amide bonds. The van der Waals surface area contributed by atoms with Gasteiger partial charge in [0.05, 0.1) is 0 Å². The zero-order valence-electron chi connectivity index (χ0n) is 8.37. The van der Waals surface area contributed by atoms with Crippen LogP contribution in [-0.4, -0.2) is 11.6 Å². The van der Waals surface area contributed by atoms with Crippen molar-refractivity contribution in [3.05, 3.63) is 47.3 Å². The van der Waals surface area contributed by atoms with Crippen molar-refractivity contribution in [1.29, 1.82) is 0 Å². The standard InChI is InChI=1S/C12H12ClNO/c1-9(13)8-15-12-4-2-3-10-7-14-6-5-11(10)12/h4-7H,1-3,8H2. The minimum absolute atomic E-state index is 0.356. The zero-order valence-corrected chi connectivity index (χ0v) is 9.13. The van der Waals surface area contributed by atoms with Gasteiger partial charge in [0.25, 0.3) is 0 Å². The number of fused-ring (bicyclic) bond motifs is 1. The molecule has 0 bridgehead atoms. The van der Waals surface area contributed by atoms with E-state index in [1.165, 1.54) is 5.56 Å². The summed E-state index contributed by atoms with van der Waals surface area (Å²) in [6.45, 7) is 3.95. The fourth-order valence-electron chi connectivity index (χ4n) is 1.63. The number of nitrogens with zero attached hydrogens (tertiary/aromatic N) is 1. The van der Waals surface area contributed by atoms with Gasteiger partial charge in [0.1, 0.15) is 12.4 Å². The van der Waals surface area contributed by atoms with Gasteiger partial charge in [-0.3, -0.25) is 4.98 Å². The average molecular weight is 222 g/mol. The Bertz CT molecular complexity index is 412. The molecule has 0 radical (unpaired) electrons. The van der Waals surface area contributed by atoms with Gasteiger partial charge in [0, 0.05) is 23.0 Å². The van der Waals surface area contributed by atoms with E-state index in [1.807, 2.05) is 12.3 Å². The summed E-state index contributed by atoms with van der Waals surface area (Å²) >= 11 is 5.67. The summed E-state index contributed by atoms with van der Waals surface area (Å²) in [5.74, 6) is 0.889. The van der Waals surface area contributed by atoms with Crippen LogP contribution in [0, 0.1) is 0 Å². The molecule has 0 unspecified atom stereocenters. The average Bonchev–Trinajstić information content (AvgIpc) is 2.26. The normalized spacial score (nSPS) is 14.1. The fourth-order valence-corrected chi connectivity index (χ4v) is 1.68. The second-order valence-electron chi connectivity index (χ2n) is 3.45. The van der Waals surface area contributed by atoms with Crippen LogP contribution in [0.5, 0.6) is 0 Å². The van der Waals surface area contributed by atoms with E-state index in [1.54, 1.807) is 6.20 Å². The lowest BCUT2D eigenvalue weighted by Gasteiger charge is -2.17. The molecular weight excluding hydrogens is 210 g/mol. The van der Waals surface area contributed by atoms with Crippen molar-refractivity contribution in [2.24, 2.45) is 0 Å². The number of rotatable bonds is 3. The summed E-state index contributed by atoms with van der Waals surface area (Å²) < 4.78 is 5.57. The molecule has 0 N–H and O–H groups in total. The highest BCUT2D eigenvalue weighted by Crippen LogP contribution is 2.26. The Morgan fingerprint density at radius 2 is 2.47 bits per heavy atom. The van der Waals surface area contributed by atoms with Gasteiger partial charge >= 0.3 is 0 Å². The molecule has 15 heavy (non-hydrogen) atoms. The number of aromatic nitrogens is 1. The van der Waals surface area contributed by atoms with Crippen LogP contribution in [0.1, 0.15) is 17.5 Å². The molecule has 0 saturated carbocycles. The molecule has 1 aliphatic carbocycles. The van der Waals surface area contributed by atoms with Crippen LogP contribution in [0.2, 0.25) is 0 Å². The smallest absolute Gasteiger partial charge is 0.123 e. The number of hydrogen-bond acceptors (Lipinski definition) is 2. The van der Waals surface area contributed by atoms with E-state index in [9.17, 15) is 0 Å².